The molecular formula is C80H114. The molecule has 0 bridgehead atoms. The van der Waals surface area contributed by atoms with Crippen molar-refractivity contribution in [2.24, 2.45) is 0 Å². The summed E-state index contributed by atoms with van der Waals surface area (Å²) in [6.07, 6.45) is 4.51. The van der Waals surface area contributed by atoms with Crippen molar-refractivity contribution in [1.82, 2.24) is 0 Å². The molecule has 0 spiro atoms. The molecule has 9 aromatic rings. The van der Waals surface area contributed by atoms with Gasteiger partial charge in [-0.15, -0.1) is 0 Å². The second-order valence-electron chi connectivity index (χ2n) is 18.0. The first-order chi connectivity index (χ1) is 38.9. The summed E-state index contributed by atoms with van der Waals surface area (Å²) in [6.45, 7) is 53.2. The normalized spacial score (nSPS) is 9.78. The summed E-state index contributed by atoms with van der Waals surface area (Å²) in [5.41, 5.74) is 25.2. The Bertz CT molecular complexity index is 2810. The van der Waals surface area contributed by atoms with Crippen LogP contribution in [0.25, 0.3) is 43.8 Å². The highest BCUT2D eigenvalue weighted by molar-refractivity contribution is 6.07. The third kappa shape index (κ3) is 24.1. The zero-order chi connectivity index (χ0) is 61.3. The fourth-order valence-electron chi connectivity index (χ4n) is 9.08. The summed E-state index contributed by atoms with van der Waals surface area (Å²) in [6, 6.07) is 62.4. The molecule has 0 aromatic heterocycles. The fourth-order valence-corrected chi connectivity index (χ4v) is 9.08. The van der Waals surface area contributed by atoms with E-state index in [1.165, 1.54) is 135 Å². The van der Waals surface area contributed by atoms with E-state index in [2.05, 4.69) is 225 Å². The van der Waals surface area contributed by atoms with Gasteiger partial charge in [0.05, 0.1) is 0 Å². The van der Waals surface area contributed by atoms with E-state index in [1.807, 2.05) is 125 Å². The van der Waals surface area contributed by atoms with Crippen LogP contribution in [-0.2, 0) is 25.7 Å². The van der Waals surface area contributed by atoms with Crippen LogP contribution >= 0.6 is 0 Å². The van der Waals surface area contributed by atoms with Gasteiger partial charge < -0.3 is 0 Å². The third-order valence-electron chi connectivity index (χ3n) is 12.5. The molecule has 0 N–H and O–H groups in total. The largest absolute Gasteiger partial charge is 0.0683 e. The van der Waals surface area contributed by atoms with Crippen LogP contribution in [0, 0.1) is 55.4 Å². The monoisotopic (exact) mass is 1070 g/mol. The zero-order valence-corrected chi connectivity index (χ0v) is 56.0. The van der Waals surface area contributed by atoms with Crippen LogP contribution in [0.4, 0.5) is 0 Å². The van der Waals surface area contributed by atoms with E-state index in [0.717, 1.165) is 12.8 Å². The minimum absolute atomic E-state index is 1.03. The van der Waals surface area contributed by atoms with E-state index < -0.39 is 0 Å². The van der Waals surface area contributed by atoms with Gasteiger partial charge in [-0.2, -0.15) is 0 Å². The predicted molar refractivity (Wildman–Crippen MR) is 371 cm³/mol. The molecule has 0 amide bonds. The van der Waals surface area contributed by atoms with Crippen molar-refractivity contribution in [3.05, 3.63) is 248 Å². The lowest BCUT2D eigenvalue weighted by Crippen LogP contribution is -2.04. The van der Waals surface area contributed by atoms with Gasteiger partial charge in [-0.1, -0.05) is 339 Å². The maximum Gasteiger partial charge on any atom is -0.00133 e. The smallest absolute Gasteiger partial charge is 0.00133 e. The summed E-state index contributed by atoms with van der Waals surface area (Å²) in [5, 5.41) is 5.36. The molecule has 0 heterocycles. The van der Waals surface area contributed by atoms with Crippen molar-refractivity contribution in [3.63, 3.8) is 0 Å². The third-order valence-corrected chi connectivity index (χ3v) is 12.5. The Morgan fingerprint density at radius 2 is 0.450 bits per heavy atom. The van der Waals surface area contributed by atoms with Gasteiger partial charge >= 0.3 is 0 Å². The van der Waals surface area contributed by atoms with Crippen molar-refractivity contribution >= 4 is 21.5 Å². The molecule has 0 atom stereocenters. The van der Waals surface area contributed by atoms with E-state index in [1.54, 1.807) is 0 Å². The number of rotatable bonds is 2. The zero-order valence-electron chi connectivity index (χ0n) is 56.0. The van der Waals surface area contributed by atoms with Crippen LogP contribution in [0.3, 0.4) is 0 Å². The molecule has 2 aliphatic carbocycles. The fraction of sp³-hybridized carbons (Fsp3) is 0.375. The highest BCUT2D eigenvalue weighted by Crippen LogP contribution is 2.38. The van der Waals surface area contributed by atoms with Crippen molar-refractivity contribution < 1.29 is 0 Å². The molecule has 2 aliphatic rings. The van der Waals surface area contributed by atoms with Crippen molar-refractivity contribution in [3.8, 4) is 22.3 Å². The van der Waals surface area contributed by atoms with E-state index in [9.17, 15) is 0 Å². The van der Waals surface area contributed by atoms with Gasteiger partial charge in [-0.3, -0.25) is 0 Å². The average molecular weight is 1080 g/mol. The van der Waals surface area contributed by atoms with E-state index >= 15 is 0 Å². The summed E-state index contributed by atoms with van der Waals surface area (Å²) in [4.78, 5) is 0. The van der Waals surface area contributed by atoms with Gasteiger partial charge in [0.25, 0.3) is 0 Å². The molecule has 0 heteroatoms. The van der Waals surface area contributed by atoms with Gasteiger partial charge in [0.2, 0.25) is 0 Å². The van der Waals surface area contributed by atoms with Gasteiger partial charge in [0.1, 0.15) is 0 Å². The minimum atomic E-state index is 1.03. The van der Waals surface area contributed by atoms with Crippen molar-refractivity contribution in [2.45, 2.75) is 206 Å². The molecule has 0 radical (unpaired) electrons. The molecule has 80 heavy (non-hydrogen) atoms. The maximum absolute atomic E-state index is 2.33. The van der Waals surface area contributed by atoms with Crippen LogP contribution in [0.1, 0.15) is 203 Å². The van der Waals surface area contributed by atoms with E-state index in [4.69, 9.17) is 0 Å². The Morgan fingerprint density at radius 3 is 0.738 bits per heavy atom. The number of benzene rings is 9. The molecule has 0 aliphatic heterocycles. The molecular weight excluding hydrogens is 961 g/mol. The molecule has 0 saturated heterocycles. The highest BCUT2D eigenvalue weighted by Gasteiger charge is 2.18. The molecule has 9 aromatic carbocycles. The van der Waals surface area contributed by atoms with Crippen LogP contribution in [0.15, 0.2) is 170 Å². The number of hydrogen-bond acceptors (Lipinski definition) is 0. The summed E-state index contributed by atoms with van der Waals surface area (Å²) < 4.78 is 0. The van der Waals surface area contributed by atoms with Crippen LogP contribution in [0.2, 0.25) is 0 Å². The predicted octanol–water partition coefficient (Wildman–Crippen LogP) is 25.7. The first-order valence-electron chi connectivity index (χ1n) is 31.4. The second-order valence-corrected chi connectivity index (χ2v) is 18.0. The lowest BCUT2D eigenvalue weighted by Gasteiger charge is -2.20. The van der Waals surface area contributed by atoms with Gasteiger partial charge in [0.15, 0.2) is 0 Å². The first-order valence-corrected chi connectivity index (χ1v) is 31.4. The number of hydrogen-bond donors (Lipinski definition) is 0. The quantitative estimate of drug-likeness (QED) is 0.151. The standard InChI is InChI=1S/C16H16.C16H14.C15H14.C15H16.9C2H6/c2*1-11-3-7-15-13(9-11)5-6-14-10-12(2)4-8-16(14)15;1-10-3-5-14-12(7-10)9-13-8-11(2)4-6-15(13)14;1-12-3-7-14(8-4-12)11-15-9-5-13(2)6-10-15;9*1-2/h3-4,7-10H,5-6H2,1-2H3;3-10H,1-2H3;3-8H,9H2,1-2H3;3-10H,11H2,1-2H3;9*1-2H3. The summed E-state index contributed by atoms with van der Waals surface area (Å²) in [5.74, 6) is 0. The van der Waals surface area contributed by atoms with E-state index in [0.29, 0.717) is 0 Å². The highest BCUT2D eigenvalue weighted by atomic mass is 14.2. The SMILES string of the molecule is CC.CC.CC.CC.CC.CC.CC.CC.CC.Cc1ccc(Cc2ccc(C)cc2)cc1.Cc1ccc2c(c1)CCc1cc(C)ccc1-2.Cc1ccc2c(c1)Cc1cc(C)ccc1-2.Cc1ccc2c(ccc3cc(C)ccc32)c1. The van der Waals surface area contributed by atoms with Gasteiger partial charge in [-0.05, 0) is 158 Å². The Morgan fingerprint density at radius 1 is 0.225 bits per heavy atom. The molecule has 0 saturated carbocycles. The van der Waals surface area contributed by atoms with Gasteiger partial charge in [0, 0.05) is 0 Å². The van der Waals surface area contributed by atoms with E-state index in [-0.39, 0.29) is 0 Å². The lowest BCUT2D eigenvalue weighted by molar-refractivity contribution is 0.937. The number of aryl methyl sites for hydroxylation is 10. The second kappa shape index (κ2) is 44.3. The Hall–Kier alpha value is -6.50. The van der Waals surface area contributed by atoms with Crippen molar-refractivity contribution in [1.29, 1.82) is 0 Å². The van der Waals surface area contributed by atoms with Crippen LogP contribution < -0.4 is 0 Å². The van der Waals surface area contributed by atoms with Crippen LogP contribution in [-0.4, -0.2) is 0 Å². The molecule has 0 fully saturated rings. The topological polar surface area (TPSA) is 0 Å². The van der Waals surface area contributed by atoms with Crippen molar-refractivity contribution in [2.75, 3.05) is 0 Å². The maximum atomic E-state index is 2.33. The molecule has 0 nitrogen and oxygen atoms in total. The Labute approximate surface area is 494 Å². The molecule has 11 rings (SSSR count). The summed E-state index contributed by atoms with van der Waals surface area (Å²) >= 11 is 0. The number of fused-ring (bicyclic) bond motifs is 9. The Balaban J connectivity index is 0. The summed E-state index contributed by atoms with van der Waals surface area (Å²) in [7, 11) is 0. The Kier molecular flexibility index (Phi) is 41.8. The minimum Gasteiger partial charge on any atom is -0.0683 e. The average Bonchev–Trinajstić information content (AvgIpc) is 3.87. The molecule has 434 valence electrons. The molecule has 0 unspecified atom stereocenters. The lowest BCUT2D eigenvalue weighted by atomic mass is 9.84. The van der Waals surface area contributed by atoms with Gasteiger partial charge in [-0.25, -0.2) is 0 Å². The van der Waals surface area contributed by atoms with Crippen LogP contribution in [0.5, 0.6) is 0 Å². The first kappa shape index (κ1) is 75.6.